The number of methoxy groups -OCH3 is 1. The number of hydrogen-bond donors (Lipinski definition) is 1. The average Bonchev–Trinajstić information content (AvgIpc) is 2.16. The molecule has 1 N–H and O–H groups in total. The van der Waals surface area contributed by atoms with Crippen LogP contribution in [0.3, 0.4) is 0 Å². The Kier molecular flexibility index (Phi) is 6.28. The van der Waals surface area contributed by atoms with E-state index in [1.807, 2.05) is 0 Å². The van der Waals surface area contributed by atoms with Crippen molar-refractivity contribution in [3.05, 3.63) is 0 Å². The summed E-state index contributed by atoms with van der Waals surface area (Å²) in [4.78, 5) is 23.7. The van der Waals surface area contributed by atoms with Crippen LogP contribution < -0.4 is 0 Å². The molecule has 0 saturated carbocycles. The monoisotopic (exact) mass is 261 g/mol. The van der Waals surface area contributed by atoms with Crippen molar-refractivity contribution in [1.29, 1.82) is 0 Å². The van der Waals surface area contributed by atoms with Gasteiger partial charge in [0, 0.05) is 20.8 Å². The van der Waals surface area contributed by atoms with Gasteiger partial charge in [-0.15, -0.1) is 0 Å². The Morgan fingerprint density at radius 3 is 2.17 bits per heavy atom. The van der Waals surface area contributed by atoms with E-state index in [0.29, 0.717) is 19.3 Å². The number of carbonyl (C=O) groups excluding carboxylic acids is 2. The lowest BCUT2D eigenvalue weighted by atomic mass is 9.87. The first-order valence-corrected chi connectivity index (χ1v) is 5.74. The highest BCUT2D eigenvalue weighted by Crippen LogP contribution is 2.29. The van der Waals surface area contributed by atoms with Crippen molar-refractivity contribution in [2.75, 3.05) is 27.4 Å². The Balaban J connectivity index is 0.000000873. The minimum absolute atomic E-state index is 0.351. The van der Waals surface area contributed by atoms with Crippen molar-refractivity contribution in [2.24, 2.45) is 0 Å². The van der Waals surface area contributed by atoms with Crippen LogP contribution in [0.1, 0.15) is 27.2 Å². The highest BCUT2D eigenvalue weighted by molar-refractivity contribution is 5.79. The minimum atomic E-state index is -1.05. The van der Waals surface area contributed by atoms with Gasteiger partial charge in [-0.2, -0.15) is 0 Å². The van der Waals surface area contributed by atoms with Gasteiger partial charge >= 0.3 is 6.09 Å². The van der Waals surface area contributed by atoms with Crippen LogP contribution in [0, 0.1) is 0 Å². The maximum Gasteiger partial charge on any atom is 0.411 e. The molecule has 1 rings (SSSR count). The Morgan fingerprint density at radius 2 is 1.94 bits per heavy atom. The number of hydrogen-bond acceptors (Lipinski definition) is 5. The molecule has 6 heteroatoms. The molecule has 6 nitrogen and oxygen atoms in total. The van der Waals surface area contributed by atoms with E-state index in [1.54, 1.807) is 35.0 Å². The van der Waals surface area contributed by atoms with E-state index in [2.05, 4.69) is 4.74 Å². The molecule has 1 aliphatic rings. The summed E-state index contributed by atoms with van der Waals surface area (Å²) < 4.78 is 9.37. The van der Waals surface area contributed by atoms with Gasteiger partial charge in [0.25, 0.3) is 0 Å². The van der Waals surface area contributed by atoms with E-state index in [9.17, 15) is 9.59 Å². The Morgan fingerprint density at radius 1 is 1.44 bits per heavy atom. The lowest BCUT2D eigenvalue weighted by Gasteiger charge is -2.47. The van der Waals surface area contributed by atoms with Gasteiger partial charge in [-0.1, -0.05) is 0 Å². The fraction of sp³-hybridized carbons (Fsp3) is 0.833. The first kappa shape index (κ1) is 16.9. The van der Waals surface area contributed by atoms with Gasteiger partial charge in [-0.05, 0) is 27.2 Å². The summed E-state index contributed by atoms with van der Waals surface area (Å²) in [5.41, 5.74) is -1.64. The molecule has 0 spiro atoms. The van der Waals surface area contributed by atoms with Crippen LogP contribution in [0.4, 0.5) is 4.79 Å². The number of nitrogens with zero attached hydrogens (tertiary/aromatic N) is 1. The minimum Gasteiger partial charge on any atom is -0.444 e. The van der Waals surface area contributed by atoms with Crippen molar-refractivity contribution in [1.82, 2.24) is 4.90 Å². The van der Waals surface area contributed by atoms with Crippen LogP contribution >= 0.6 is 0 Å². The molecule has 106 valence electrons. The molecule has 1 atom stereocenters. The van der Waals surface area contributed by atoms with Crippen molar-refractivity contribution in [2.45, 2.75) is 38.3 Å². The molecule has 0 aromatic carbocycles. The zero-order valence-electron chi connectivity index (χ0n) is 11.7. The summed E-state index contributed by atoms with van der Waals surface area (Å²) in [6.07, 6.45) is 0.557. The van der Waals surface area contributed by atoms with Crippen LogP contribution in [0.25, 0.3) is 0 Å². The van der Waals surface area contributed by atoms with Crippen LogP contribution in [0.2, 0.25) is 0 Å². The predicted molar refractivity (Wildman–Crippen MR) is 66.4 cm³/mol. The maximum absolute atomic E-state index is 11.6. The summed E-state index contributed by atoms with van der Waals surface area (Å²) >= 11 is 0. The number of rotatable bonds is 2. The predicted octanol–water partition coefficient (Wildman–Crippen LogP) is 0.820. The van der Waals surface area contributed by atoms with E-state index in [4.69, 9.17) is 9.84 Å². The third-order valence-corrected chi connectivity index (χ3v) is 2.41. The van der Waals surface area contributed by atoms with Gasteiger partial charge in [0.2, 0.25) is 0 Å². The summed E-state index contributed by atoms with van der Waals surface area (Å²) in [6, 6.07) is 0. The fourth-order valence-corrected chi connectivity index (χ4v) is 1.43. The lowest BCUT2D eigenvalue weighted by Crippen LogP contribution is -2.65. The van der Waals surface area contributed by atoms with Gasteiger partial charge in [0.15, 0.2) is 0 Å². The molecular weight excluding hydrogens is 238 g/mol. The molecule has 1 fully saturated rings. The second-order valence-electron chi connectivity index (χ2n) is 5.17. The van der Waals surface area contributed by atoms with Crippen molar-refractivity contribution >= 4 is 12.4 Å². The Labute approximate surface area is 108 Å². The lowest BCUT2D eigenvalue weighted by molar-refractivity contribution is -0.131. The van der Waals surface area contributed by atoms with E-state index in [0.717, 1.165) is 0 Å². The molecule has 1 aliphatic heterocycles. The number of likely N-dealkylation sites (tertiary alicyclic amines) is 1. The second kappa shape index (κ2) is 6.70. The van der Waals surface area contributed by atoms with Crippen molar-refractivity contribution in [3.8, 4) is 0 Å². The van der Waals surface area contributed by atoms with E-state index in [-0.39, 0.29) is 6.61 Å². The molecular formula is C12H23NO5. The summed E-state index contributed by atoms with van der Waals surface area (Å²) in [5, 5.41) is 9.07. The third kappa shape index (κ3) is 4.27. The van der Waals surface area contributed by atoms with Gasteiger partial charge in [0.1, 0.15) is 17.4 Å². The zero-order chi connectivity index (χ0) is 14.4. The molecule has 1 heterocycles. The zero-order valence-corrected chi connectivity index (χ0v) is 11.7. The van der Waals surface area contributed by atoms with Gasteiger partial charge in [-0.3, -0.25) is 4.90 Å². The molecule has 0 aliphatic carbocycles. The summed E-state index contributed by atoms with van der Waals surface area (Å²) in [6.45, 7) is 5.37. The molecule has 0 aromatic rings. The Hall–Kier alpha value is -1.14. The van der Waals surface area contributed by atoms with E-state index < -0.39 is 17.2 Å². The van der Waals surface area contributed by atoms with Crippen LogP contribution in [-0.4, -0.2) is 60.9 Å². The standard InChI is InChI=1S/C10H17NO4.C2H6O/c1-9(2,3)15-8(14)11-5-4-10(11,6-12)7-13;1-3-2/h6,13H,4-5,7H2,1-3H3;1-2H3. The van der Waals surface area contributed by atoms with Crippen molar-refractivity contribution in [3.63, 3.8) is 0 Å². The number of amides is 1. The van der Waals surface area contributed by atoms with Gasteiger partial charge in [0.05, 0.1) is 6.61 Å². The highest BCUT2D eigenvalue weighted by atomic mass is 16.6. The van der Waals surface area contributed by atoms with E-state index >= 15 is 0 Å². The second-order valence-corrected chi connectivity index (χ2v) is 5.17. The van der Waals surface area contributed by atoms with Crippen molar-refractivity contribution < 1.29 is 24.2 Å². The first-order chi connectivity index (χ1) is 8.26. The molecule has 1 amide bonds. The largest absolute Gasteiger partial charge is 0.444 e. The fourth-order valence-electron chi connectivity index (χ4n) is 1.43. The number of ether oxygens (including phenoxy) is 2. The maximum atomic E-state index is 11.6. The van der Waals surface area contributed by atoms with Gasteiger partial charge < -0.3 is 19.4 Å². The molecule has 0 bridgehead atoms. The third-order valence-electron chi connectivity index (χ3n) is 2.41. The molecule has 1 unspecified atom stereocenters. The SMILES string of the molecule is CC(C)(C)OC(=O)N1CCC1(C=O)CO.COC. The highest BCUT2D eigenvalue weighted by Gasteiger charge is 2.48. The normalized spacial score (nSPS) is 22.4. The van der Waals surface area contributed by atoms with Crippen LogP contribution in [0.5, 0.6) is 0 Å². The Bertz CT molecular complexity index is 283. The first-order valence-electron chi connectivity index (χ1n) is 5.74. The van der Waals surface area contributed by atoms with Crippen LogP contribution in [0.15, 0.2) is 0 Å². The van der Waals surface area contributed by atoms with E-state index in [1.165, 1.54) is 4.90 Å². The molecule has 0 radical (unpaired) electrons. The molecule has 18 heavy (non-hydrogen) atoms. The quantitative estimate of drug-likeness (QED) is 0.745. The summed E-state index contributed by atoms with van der Waals surface area (Å²) in [7, 11) is 3.25. The molecule has 1 saturated heterocycles. The van der Waals surface area contributed by atoms with Gasteiger partial charge in [-0.25, -0.2) is 4.79 Å². The number of aliphatic hydroxyl groups is 1. The summed E-state index contributed by atoms with van der Waals surface area (Å²) in [5.74, 6) is 0. The number of aldehydes is 1. The number of aliphatic hydroxyl groups excluding tert-OH is 1. The topological polar surface area (TPSA) is 76.1 Å². The smallest absolute Gasteiger partial charge is 0.411 e. The van der Waals surface area contributed by atoms with Crippen LogP contribution in [-0.2, 0) is 14.3 Å². The molecule has 0 aromatic heterocycles. The number of carbonyl (C=O) groups is 2. The average molecular weight is 261 g/mol.